The molecule has 1 aromatic carbocycles. The van der Waals surface area contributed by atoms with Crippen molar-refractivity contribution in [1.29, 1.82) is 0 Å². The Bertz CT molecular complexity index is 562. The maximum atomic E-state index is 12.3. The molecule has 0 bridgehead atoms. The molecule has 0 spiro atoms. The summed E-state index contributed by atoms with van der Waals surface area (Å²) in [5.74, 6) is 0. The van der Waals surface area contributed by atoms with Crippen LogP contribution in [0.25, 0.3) is 0 Å². The van der Waals surface area contributed by atoms with Gasteiger partial charge in [-0.25, -0.2) is 13.1 Å². The standard InChI is InChI=1S/C15H27NO5SSi/c1-5-12-16-22(17,18)14-10-9-11-15(13-14)23(19-6-2,20-7-3)21-8-4/h9-11,13,16H,5-8,12H2,1-4H3. The molecule has 0 radical (unpaired) electrons. The molecular formula is C15H27NO5SSi. The summed E-state index contributed by atoms with van der Waals surface area (Å²) >= 11 is 0. The number of hydrogen-bond donors (Lipinski definition) is 1. The van der Waals surface area contributed by atoms with E-state index in [9.17, 15) is 8.42 Å². The van der Waals surface area contributed by atoms with Gasteiger partial charge in [-0.05, 0) is 39.3 Å². The van der Waals surface area contributed by atoms with Gasteiger partial charge in [0.05, 0.1) is 4.90 Å². The minimum absolute atomic E-state index is 0.194. The Hall–Kier alpha value is -0.773. The lowest BCUT2D eigenvalue weighted by Crippen LogP contribution is -2.57. The Balaban J connectivity index is 3.26. The zero-order chi connectivity index (χ0) is 17.3. The average Bonchev–Trinajstić information content (AvgIpc) is 2.54. The van der Waals surface area contributed by atoms with Crippen molar-refractivity contribution in [3.05, 3.63) is 24.3 Å². The second-order valence-electron chi connectivity index (χ2n) is 4.78. The van der Waals surface area contributed by atoms with E-state index < -0.39 is 18.8 Å². The molecule has 0 aliphatic heterocycles. The number of nitrogens with one attached hydrogen (secondary N) is 1. The van der Waals surface area contributed by atoms with Crippen molar-refractivity contribution in [2.75, 3.05) is 26.4 Å². The highest BCUT2D eigenvalue weighted by atomic mass is 32.2. The minimum Gasteiger partial charge on any atom is -0.370 e. The van der Waals surface area contributed by atoms with Crippen LogP contribution in [0.4, 0.5) is 0 Å². The summed E-state index contributed by atoms with van der Waals surface area (Å²) in [7, 11) is -6.65. The normalized spacial score (nSPS) is 12.5. The van der Waals surface area contributed by atoms with Gasteiger partial charge < -0.3 is 13.3 Å². The molecule has 0 saturated carbocycles. The van der Waals surface area contributed by atoms with Crippen LogP contribution in [-0.2, 0) is 23.3 Å². The Morgan fingerprint density at radius 3 is 2.04 bits per heavy atom. The molecule has 0 aliphatic carbocycles. The fourth-order valence-electron chi connectivity index (χ4n) is 2.12. The minimum atomic E-state index is -3.54. The summed E-state index contributed by atoms with van der Waals surface area (Å²) in [4.78, 5) is 0.194. The van der Waals surface area contributed by atoms with Crippen LogP contribution in [0.15, 0.2) is 29.2 Å². The van der Waals surface area contributed by atoms with E-state index in [4.69, 9.17) is 13.3 Å². The first kappa shape index (κ1) is 20.3. The molecule has 0 heterocycles. The predicted molar refractivity (Wildman–Crippen MR) is 92.2 cm³/mol. The van der Waals surface area contributed by atoms with Crippen LogP contribution in [0, 0.1) is 0 Å². The molecule has 132 valence electrons. The van der Waals surface area contributed by atoms with E-state index in [1.807, 2.05) is 27.7 Å². The fourth-order valence-corrected chi connectivity index (χ4v) is 5.93. The largest absolute Gasteiger partial charge is 0.537 e. The molecular weight excluding hydrogens is 334 g/mol. The van der Waals surface area contributed by atoms with E-state index in [2.05, 4.69) is 4.72 Å². The van der Waals surface area contributed by atoms with E-state index in [0.717, 1.165) is 6.42 Å². The van der Waals surface area contributed by atoms with E-state index in [1.165, 1.54) is 0 Å². The molecule has 0 atom stereocenters. The van der Waals surface area contributed by atoms with E-state index in [1.54, 1.807) is 24.3 Å². The summed E-state index contributed by atoms with van der Waals surface area (Å²) < 4.78 is 44.7. The lowest BCUT2D eigenvalue weighted by Gasteiger charge is -2.28. The Labute approximate surface area is 140 Å². The predicted octanol–water partition coefficient (Wildman–Crippen LogP) is 1.63. The highest BCUT2D eigenvalue weighted by Gasteiger charge is 2.43. The maximum Gasteiger partial charge on any atom is 0.537 e. The number of rotatable bonds is 11. The van der Waals surface area contributed by atoms with E-state index in [0.29, 0.717) is 31.6 Å². The van der Waals surface area contributed by atoms with Gasteiger partial charge in [0, 0.05) is 31.6 Å². The molecule has 8 heteroatoms. The van der Waals surface area contributed by atoms with Crippen molar-refractivity contribution in [3.8, 4) is 0 Å². The third-order valence-electron chi connectivity index (χ3n) is 3.04. The quantitative estimate of drug-likeness (QED) is 0.607. The Morgan fingerprint density at radius 2 is 1.57 bits per heavy atom. The van der Waals surface area contributed by atoms with Crippen LogP contribution in [0.5, 0.6) is 0 Å². The fraction of sp³-hybridized carbons (Fsp3) is 0.600. The van der Waals surface area contributed by atoms with Gasteiger partial charge in [-0.2, -0.15) is 0 Å². The Morgan fingerprint density at radius 1 is 1.00 bits per heavy atom. The van der Waals surface area contributed by atoms with Crippen LogP contribution in [0.3, 0.4) is 0 Å². The number of sulfonamides is 1. The van der Waals surface area contributed by atoms with Crippen molar-refractivity contribution < 1.29 is 21.7 Å². The maximum absolute atomic E-state index is 12.3. The van der Waals surface area contributed by atoms with Crippen molar-refractivity contribution >= 4 is 24.0 Å². The number of hydrogen-bond acceptors (Lipinski definition) is 5. The third kappa shape index (κ3) is 5.37. The van der Waals surface area contributed by atoms with Crippen molar-refractivity contribution in [2.45, 2.75) is 39.0 Å². The van der Waals surface area contributed by atoms with Crippen molar-refractivity contribution in [1.82, 2.24) is 4.72 Å². The van der Waals surface area contributed by atoms with Gasteiger partial charge in [-0.3, -0.25) is 0 Å². The van der Waals surface area contributed by atoms with E-state index in [-0.39, 0.29) is 4.90 Å². The van der Waals surface area contributed by atoms with Gasteiger partial charge in [0.15, 0.2) is 0 Å². The van der Waals surface area contributed by atoms with Gasteiger partial charge >= 0.3 is 8.80 Å². The lowest BCUT2D eigenvalue weighted by atomic mass is 10.4. The molecule has 23 heavy (non-hydrogen) atoms. The third-order valence-corrected chi connectivity index (χ3v) is 7.53. The molecule has 0 fully saturated rings. The molecule has 0 unspecified atom stereocenters. The molecule has 1 N–H and O–H groups in total. The molecule has 6 nitrogen and oxygen atoms in total. The topological polar surface area (TPSA) is 73.9 Å². The molecule has 0 aliphatic rings. The first-order valence-corrected chi connectivity index (χ1v) is 11.2. The molecule has 1 rings (SSSR count). The first-order valence-electron chi connectivity index (χ1n) is 7.97. The average molecular weight is 362 g/mol. The molecule has 0 saturated heterocycles. The molecule has 1 aromatic rings. The zero-order valence-corrected chi connectivity index (χ0v) is 16.1. The van der Waals surface area contributed by atoms with Gasteiger partial charge in [0.1, 0.15) is 0 Å². The van der Waals surface area contributed by atoms with Gasteiger partial charge in [0.25, 0.3) is 0 Å². The SMILES string of the molecule is CCCNS(=O)(=O)c1cccc([Si](OCC)(OCC)OCC)c1. The smallest absolute Gasteiger partial charge is 0.370 e. The van der Waals surface area contributed by atoms with Crippen LogP contribution in [0.1, 0.15) is 34.1 Å². The summed E-state index contributed by atoms with van der Waals surface area (Å²) in [6.45, 7) is 9.19. The van der Waals surface area contributed by atoms with Gasteiger partial charge in [0.2, 0.25) is 10.0 Å². The summed E-state index contributed by atoms with van der Waals surface area (Å²) in [6.07, 6.45) is 0.731. The monoisotopic (exact) mass is 361 g/mol. The molecule has 0 amide bonds. The second-order valence-corrected chi connectivity index (χ2v) is 9.10. The highest BCUT2D eigenvalue weighted by Crippen LogP contribution is 2.14. The van der Waals surface area contributed by atoms with E-state index >= 15 is 0 Å². The lowest BCUT2D eigenvalue weighted by molar-refractivity contribution is 0.0858. The second kappa shape index (κ2) is 9.51. The summed E-state index contributed by atoms with van der Waals surface area (Å²) in [6, 6.07) is 6.64. The van der Waals surface area contributed by atoms with Crippen LogP contribution < -0.4 is 9.91 Å². The van der Waals surface area contributed by atoms with Gasteiger partial charge in [-0.15, -0.1) is 0 Å². The molecule has 0 aromatic heterocycles. The highest BCUT2D eigenvalue weighted by molar-refractivity contribution is 7.89. The zero-order valence-electron chi connectivity index (χ0n) is 14.3. The van der Waals surface area contributed by atoms with Crippen molar-refractivity contribution in [3.63, 3.8) is 0 Å². The van der Waals surface area contributed by atoms with Crippen LogP contribution in [0.2, 0.25) is 0 Å². The Kier molecular flexibility index (Phi) is 8.38. The summed E-state index contributed by atoms with van der Waals surface area (Å²) in [5.41, 5.74) is 0. The summed E-state index contributed by atoms with van der Waals surface area (Å²) in [5, 5.41) is 0.655. The first-order chi connectivity index (χ1) is 11.0. The van der Waals surface area contributed by atoms with Gasteiger partial charge in [-0.1, -0.05) is 19.1 Å². The van der Waals surface area contributed by atoms with Crippen LogP contribution in [-0.4, -0.2) is 43.6 Å². The number of benzene rings is 1. The van der Waals surface area contributed by atoms with Crippen LogP contribution >= 0.6 is 0 Å². The van der Waals surface area contributed by atoms with Crippen molar-refractivity contribution in [2.24, 2.45) is 0 Å².